The van der Waals surface area contributed by atoms with Gasteiger partial charge in [0.25, 0.3) is 0 Å². The molecule has 5 nitrogen and oxygen atoms in total. The van der Waals surface area contributed by atoms with Gasteiger partial charge in [-0.2, -0.15) is 5.10 Å². The summed E-state index contributed by atoms with van der Waals surface area (Å²) < 4.78 is 5.22. The summed E-state index contributed by atoms with van der Waals surface area (Å²) in [6.45, 7) is 6.52. The van der Waals surface area contributed by atoms with Crippen LogP contribution in [0, 0.1) is 0 Å². The maximum Gasteiger partial charge on any atom is 0.118 e. The van der Waals surface area contributed by atoms with E-state index in [-0.39, 0.29) is 0 Å². The highest BCUT2D eigenvalue weighted by molar-refractivity contribution is 5.63. The first-order valence-electron chi connectivity index (χ1n) is 8.43. The molecular formula is C18H26N4O. The molecule has 1 atom stereocenters. The van der Waals surface area contributed by atoms with Crippen molar-refractivity contribution in [3.05, 3.63) is 36.0 Å². The molecule has 2 aromatic rings. The van der Waals surface area contributed by atoms with Gasteiger partial charge in [0.1, 0.15) is 5.75 Å². The van der Waals surface area contributed by atoms with E-state index in [4.69, 9.17) is 4.74 Å². The summed E-state index contributed by atoms with van der Waals surface area (Å²) in [7, 11) is 1.68. The van der Waals surface area contributed by atoms with Gasteiger partial charge in [0.15, 0.2) is 0 Å². The molecule has 2 heterocycles. The third-order valence-corrected chi connectivity index (χ3v) is 4.70. The molecule has 0 amide bonds. The molecule has 0 radical (unpaired) electrons. The fraction of sp³-hybridized carbons (Fsp3) is 0.500. The number of aromatic amines is 1. The zero-order chi connectivity index (χ0) is 16.1. The minimum absolute atomic E-state index is 0.677. The van der Waals surface area contributed by atoms with Crippen LogP contribution in [-0.2, 0) is 6.54 Å². The minimum Gasteiger partial charge on any atom is -0.497 e. The summed E-state index contributed by atoms with van der Waals surface area (Å²) in [4.78, 5) is 2.56. The molecule has 124 valence electrons. The molecule has 1 fully saturated rings. The summed E-state index contributed by atoms with van der Waals surface area (Å²) in [6, 6.07) is 8.75. The Balaban J connectivity index is 1.60. The van der Waals surface area contributed by atoms with E-state index in [1.54, 1.807) is 7.11 Å². The molecule has 0 spiro atoms. The molecule has 1 saturated heterocycles. The number of likely N-dealkylation sites (tertiary alicyclic amines) is 1. The van der Waals surface area contributed by atoms with Crippen LogP contribution >= 0.6 is 0 Å². The summed E-state index contributed by atoms with van der Waals surface area (Å²) in [5.74, 6) is 0.869. The Morgan fingerprint density at radius 1 is 1.35 bits per heavy atom. The van der Waals surface area contributed by atoms with Crippen LogP contribution in [0.1, 0.15) is 25.3 Å². The van der Waals surface area contributed by atoms with Crippen molar-refractivity contribution in [2.45, 2.75) is 32.4 Å². The lowest BCUT2D eigenvalue weighted by Gasteiger charge is -2.22. The van der Waals surface area contributed by atoms with E-state index in [2.05, 4.69) is 39.5 Å². The molecular weight excluding hydrogens is 288 g/mol. The highest BCUT2D eigenvalue weighted by Crippen LogP contribution is 2.23. The molecule has 1 aromatic carbocycles. The normalized spacial score (nSPS) is 18.4. The average Bonchev–Trinajstić information content (AvgIpc) is 3.24. The number of nitrogens with zero attached hydrogens (tertiary/aromatic N) is 2. The monoisotopic (exact) mass is 314 g/mol. The third-order valence-electron chi connectivity index (χ3n) is 4.70. The lowest BCUT2D eigenvalue weighted by atomic mass is 10.1. The number of hydrogen-bond donors (Lipinski definition) is 2. The van der Waals surface area contributed by atoms with Crippen molar-refractivity contribution >= 4 is 0 Å². The Kier molecular flexibility index (Phi) is 5.31. The van der Waals surface area contributed by atoms with Gasteiger partial charge in [-0.15, -0.1) is 0 Å². The predicted octanol–water partition coefficient (Wildman–Crippen LogP) is 2.66. The van der Waals surface area contributed by atoms with E-state index in [1.807, 2.05) is 18.3 Å². The van der Waals surface area contributed by atoms with Crippen LogP contribution in [-0.4, -0.2) is 47.9 Å². The van der Waals surface area contributed by atoms with Gasteiger partial charge in [0.05, 0.1) is 19.0 Å². The van der Waals surface area contributed by atoms with Crippen molar-refractivity contribution < 1.29 is 4.74 Å². The van der Waals surface area contributed by atoms with Gasteiger partial charge in [0, 0.05) is 30.3 Å². The summed E-state index contributed by atoms with van der Waals surface area (Å²) in [6.07, 6.45) is 4.54. The molecule has 1 aromatic heterocycles. The number of hydrogen-bond acceptors (Lipinski definition) is 4. The quantitative estimate of drug-likeness (QED) is 0.825. The van der Waals surface area contributed by atoms with Gasteiger partial charge in [-0.05, 0) is 50.2 Å². The van der Waals surface area contributed by atoms with Crippen molar-refractivity contribution in [1.82, 2.24) is 20.4 Å². The molecule has 2 N–H and O–H groups in total. The predicted molar refractivity (Wildman–Crippen MR) is 92.6 cm³/mol. The van der Waals surface area contributed by atoms with Crippen LogP contribution in [0.25, 0.3) is 11.3 Å². The second-order valence-corrected chi connectivity index (χ2v) is 6.05. The summed E-state index contributed by atoms with van der Waals surface area (Å²) >= 11 is 0. The molecule has 1 aliphatic heterocycles. The topological polar surface area (TPSA) is 53.2 Å². The number of benzene rings is 1. The molecule has 1 aliphatic rings. The van der Waals surface area contributed by atoms with Crippen LogP contribution in [0.2, 0.25) is 0 Å². The lowest BCUT2D eigenvalue weighted by Crippen LogP contribution is -2.37. The largest absolute Gasteiger partial charge is 0.497 e. The zero-order valence-electron chi connectivity index (χ0n) is 14.0. The molecule has 5 heteroatoms. The Labute approximate surface area is 138 Å². The Hall–Kier alpha value is -1.85. The van der Waals surface area contributed by atoms with Gasteiger partial charge in [-0.1, -0.05) is 6.92 Å². The molecule has 0 saturated carbocycles. The van der Waals surface area contributed by atoms with E-state index in [9.17, 15) is 0 Å². The van der Waals surface area contributed by atoms with E-state index < -0.39 is 0 Å². The Bertz CT molecular complexity index is 608. The number of likely N-dealkylation sites (N-methyl/N-ethyl adjacent to an activating group) is 1. The second-order valence-electron chi connectivity index (χ2n) is 6.05. The van der Waals surface area contributed by atoms with Crippen molar-refractivity contribution in [2.75, 3.05) is 26.7 Å². The summed E-state index contributed by atoms with van der Waals surface area (Å²) in [5, 5.41) is 10.9. The SMILES string of the molecule is CCN1CCC[C@H]1CNCc1cn[nH]c1-c1ccc(OC)cc1. The number of aromatic nitrogens is 2. The first kappa shape index (κ1) is 16.0. The highest BCUT2D eigenvalue weighted by Gasteiger charge is 2.22. The number of ether oxygens (including phenoxy) is 1. The molecule has 0 bridgehead atoms. The number of H-pyrrole nitrogens is 1. The van der Waals surface area contributed by atoms with E-state index >= 15 is 0 Å². The second kappa shape index (κ2) is 7.62. The maximum atomic E-state index is 5.22. The highest BCUT2D eigenvalue weighted by atomic mass is 16.5. The van der Waals surface area contributed by atoms with Crippen molar-refractivity contribution in [3.63, 3.8) is 0 Å². The van der Waals surface area contributed by atoms with Crippen LogP contribution in [0.4, 0.5) is 0 Å². The minimum atomic E-state index is 0.677. The van der Waals surface area contributed by atoms with Gasteiger partial charge in [0.2, 0.25) is 0 Å². The number of rotatable bonds is 7. The van der Waals surface area contributed by atoms with E-state index in [0.717, 1.165) is 36.6 Å². The van der Waals surface area contributed by atoms with Gasteiger partial charge < -0.3 is 10.1 Å². The Morgan fingerprint density at radius 3 is 2.91 bits per heavy atom. The number of nitrogens with one attached hydrogen (secondary N) is 2. The molecule has 23 heavy (non-hydrogen) atoms. The van der Waals surface area contributed by atoms with Crippen molar-refractivity contribution in [2.24, 2.45) is 0 Å². The first-order valence-corrected chi connectivity index (χ1v) is 8.43. The van der Waals surface area contributed by atoms with Crippen LogP contribution in [0.15, 0.2) is 30.5 Å². The van der Waals surface area contributed by atoms with Crippen LogP contribution < -0.4 is 10.1 Å². The van der Waals surface area contributed by atoms with Crippen LogP contribution in [0.5, 0.6) is 5.75 Å². The molecule has 0 aliphatic carbocycles. The average molecular weight is 314 g/mol. The fourth-order valence-electron chi connectivity index (χ4n) is 3.37. The smallest absolute Gasteiger partial charge is 0.118 e. The Morgan fingerprint density at radius 2 is 2.17 bits per heavy atom. The zero-order valence-corrected chi connectivity index (χ0v) is 14.0. The van der Waals surface area contributed by atoms with Crippen molar-refractivity contribution in [3.8, 4) is 17.0 Å². The van der Waals surface area contributed by atoms with Crippen molar-refractivity contribution in [1.29, 1.82) is 0 Å². The standard InChI is InChI=1S/C18H26N4O/c1-3-22-10-4-5-16(22)13-19-11-15-12-20-21-18(15)14-6-8-17(23-2)9-7-14/h6-9,12,16,19H,3-5,10-11,13H2,1-2H3,(H,20,21)/t16-/m0/s1. The van der Waals surface area contributed by atoms with Gasteiger partial charge in [-0.25, -0.2) is 0 Å². The molecule has 0 unspecified atom stereocenters. The fourth-order valence-corrected chi connectivity index (χ4v) is 3.37. The third kappa shape index (κ3) is 3.74. The lowest BCUT2D eigenvalue weighted by molar-refractivity contribution is 0.260. The molecule has 3 rings (SSSR count). The van der Waals surface area contributed by atoms with Gasteiger partial charge >= 0.3 is 0 Å². The maximum absolute atomic E-state index is 5.22. The van der Waals surface area contributed by atoms with Gasteiger partial charge in [-0.3, -0.25) is 10.00 Å². The van der Waals surface area contributed by atoms with Crippen LogP contribution in [0.3, 0.4) is 0 Å². The number of methoxy groups -OCH3 is 1. The first-order chi connectivity index (χ1) is 11.3. The van der Waals surface area contributed by atoms with E-state index in [1.165, 1.54) is 24.9 Å². The van der Waals surface area contributed by atoms with E-state index in [0.29, 0.717) is 6.04 Å². The summed E-state index contributed by atoms with van der Waals surface area (Å²) in [5.41, 5.74) is 3.42.